The van der Waals surface area contributed by atoms with Crippen LogP contribution in [0.5, 0.6) is 5.75 Å². The van der Waals surface area contributed by atoms with E-state index in [9.17, 15) is 13.2 Å². The molecule has 1 aromatic carbocycles. The van der Waals surface area contributed by atoms with Crippen molar-refractivity contribution < 1.29 is 22.6 Å². The van der Waals surface area contributed by atoms with Crippen molar-refractivity contribution in [1.82, 2.24) is 4.90 Å². The number of alkyl halides is 3. The molecule has 1 aromatic rings. The third-order valence-corrected chi connectivity index (χ3v) is 3.11. The number of halogens is 4. The Hall–Kier alpha value is -1.23. The molecule has 0 aliphatic carbocycles. The van der Waals surface area contributed by atoms with E-state index in [1.165, 1.54) is 6.07 Å². The Labute approximate surface area is 149 Å². The third-order valence-electron chi connectivity index (χ3n) is 3.11. The van der Waals surface area contributed by atoms with E-state index in [-0.39, 0.29) is 36.3 Å². The second-order valence-electron chi connectivity index (χ2n) is 4.79. The number of hydrogen-bond acceptors (Lipinski definition) is 3. The standard InChI is InChI=1S/C14H18F3N3O2.HI/c15-14(16,17)10-22-12-4-2-1-3-11(12)9-19-13(18)20-5-7-21-8-6-20;/h1-4H,5-10H2,(H2,18,19);1H. The number of ether oxygens (including phenoxy) is 2. The smallest absolute Gasteiger partial charge is 0.422 e. The van der Waals surface area contributed by atoms with E-state index in [1.807, 2.05) is 4.90 Å². The molecule has 1 fully saturated rings. The monoisotopic (exact) mass is 445 g/mol. The number of benzene rings is 1. The summed E-state index contributed by atoms with van der Waals surface area (Å²) in [6.07, 6.45) is -4.37. The summed E-state index contributed by atoms with van der Waals surface area (Å²) in [4.78, 5) is 6.10. The van der Waals surface area contributed by atoms with Crippen LogP contribution in [-0.4, -0.2) is 49.9 Å². The number of hydrogen-bond donors (Lipinski definition) is 1. The van der Waals surface area contributed by atoms with Gasteiger partial charge in [-0.05, 0) is 6.07 Å². The van der Waals surface area contributed by atoms with Gasteiger partial charge in [0.1, 0.15) is 5.75 Å². The van der Waals surface area contributed by atoms with Gasteiger partial charge in [-0.2, -0.15) is 13.2 Å². The number of rotatable bonds is 4. The average molecular weight is 445 g/mol. The van der Waals surface area contributed by atoms with Crippen LogP contribution in [0.4, 0.5) is 13.2 Å². The van der Waals surface area contributed by atoms with Gasteiger partial charge < -0.3 is 20.1 Å². The van der Waals surface area contributed by atoms with Crippen LogP contribution in [0, 0.1) is 0 Å². The van der Waals surface area contributed by atoms with Crippen LogP contribution in [0.15, 0.2) is 29.3 Å². The minimum atomic E-state index is -4.37. The fraction of sp³-hybridized carbons (Fsp3) is 0.500. The van der Waals surface area contributed by atoms with Gasteiger partial charge in [0.2, 0.25) is 0 Å². The summed E-state index contributed by atoms with van der Waals surface area (Å²) in [6, 6.07) is 6.49. The van der Waals surface area contributed by atoms with Gasteiger partial charge in [0.15, 0.2) is 12.6 Å². The molecule has 0 amide bonds. The largest absolute Gasteiger partial charge is 0.484 e. The van der Waals surface area contributed by atoms with E-state index < -0.39 is 12.8 Å². The van der Waals surface area contributed by atoms with Gasteiger partial charge >= 0.3 is 6.18 Å². The first-order valence-electron chi connectivity index (χ1n) is 6.86. The maximum absolute atomic E-state index is 12.2. The van der Waals surface area contributed by atoms with Gasteiger partial charge in [0, 0.05) is 18.7 Å². The molecule has 130 valence electrons. The highest BCUT2D eigenvalue weighted by Gasteiger charge is 2.28. The predicted octanol–water partition coefficient (Wildman–Crippen LogP) is 2.39. The minimum absolute atomic E-state index is 0. The van der Waals surface area contributed by atoms with E-state index in [4.69, 9.17) is 15.2 Å². The molecule has 9 heteroatoms. The van der Waals surface area contributed by atoms with Gasteiger partial charge in [-0.3, -0.25) is 0 Å². The molecule has 2 N–H and O–H groups in total. The molecule has 0 unspecified atom stereocenters. The van der Waals surface area contributed by atoms with Crippen molar-refractivity contribution in [3.8, 4) is 5.75 Å². The van der Waals surface area contributed by atoms with E-state index in [1.54, 1.807) is 18.2 Å². The van der Waals surface area contributed by atoms with E-state index >= 15 is 0 Å². The molecule has 23 heavy (non-hydrogen) atoms. The SMILES string of the molecule is I.NC(=NCc1ccccc1OCC(F)(F)F)N1CCOCC1. The van der Waals surface area contributed by atoms with Crippen molar-refractivity contribution in [2.45, 2.75) is 12.7 Å². The fourth-order valence-electron chi connectivity index (χ4n) is 1.99. The van der Waals surface area contributed by atoms with E-state index in [0.717, 1.165) is 0 Å². The summed E-state index contributed by atoms with van der Waals surface area (Å²) in [6.45, 7) is 1.32. The van der Waals surface area contributed by atoms with Crippen LogP contribution in [-0.2, 0) is 11.3 Å². The molecule has 0 aromatic heterocycles. The Morgan fingerprint density at radius 2 is 1.91 bits per heavy atom. The zero-order chi connectivity index (χ0) is 16.0. The Morgan fingerprint density at radius 3 is 2.57 bits per heavy atom. The first kappa shape index (κ1) is 19.8. The van der Waals surface area contributed by atoms with Crippen molar-refractivity contribution in [2.24, 2.45) is 10.7 Å². The Bertz CT molecular complexity index is 520. The van der Waals surface area contributed by atoms with Crippen LogP contribution in [0.1, 0.15) is 5.56 Å². The van der Waals surface area contributed by atoms with Gasteiger partial charge in [-0.1, -0.05) is 18.2 Å². The van der Waals surface area contributed by atoms with Crippen molar-refractivity contribution in [3.05, 3.63) is 29.8 Å². The first-order chi connectivity index (χ1) is 10.5. The predicted molar refractivity (Wildman–Crippen MR) is 91.1 cm³/mol. The van der Waals surface area contributed by atoms with Gasteiger partial charge in [0.25, 0.3) is 0 Å². The lowest BCUT2D eigenvalue weighted by molar-refractivity contribution is -0.153. The number of guanidine groups is 1. The molecule has 0 saturated carbocycles. The van der Waals surface area contributed by atoms with Crippen LogP contribution in [0.2, 0.25) is 0 Å². The summed E-state index contributed by atoms with van der Waals surface area (Å²) >= 11 is 0. The maximum Gasteiger partial charge on any atom is 0.422 e. The third kappa shape index (κ3) is 6.81. The molecular formula is C14H19F3IN3O2. The Morgan fingerprint density at radius 1 is 1.26 bits per heavy atom. The molecule has 0 radical (unpaired) electrons. The second-order valence-corrected chi connectivity index (χ2v) is 4.79. The molecule has 1 aliphatic heterocycles. The number of nitrogens with two attached hydrogens (primary N) is 1. The Kier molecular flexibility index (Phi) is 7.89. The minimum Gasteiger partial charge on any atom is -0.484 e. The fourth-order valence-corrected chi connectivity index (χ4v) is 1.99. The molecule has 5 nitrogen and oxygen atoms in total. The van der Waals surface area contributed by atoms with E-state index in [2.05, 4.69) is 4.99 Å². The average Bonchev–Trinajstić information content (AvgIpc) is 2.51. The van der Waals surface area contributed by atoms with Crippen LogP contribution in [0.3, 0.4) is 0 Å². The highest BCUT2D eigenvalue weighted by atomic mass is 127. The Balaban J connectivity index is 0.00000264. The van der Waals surface area contributed by atoms with Crippen molar-refractivity contribution >= 4 is 29.9 Å². The summed E-state index contributed by atoms with van der Waals surface area (Å²) < 4.78 is 46.7. The quantitative estimate of drug-likeness (QED) is 0.440. The molecular weight excluding hydrogens is 426 g/mol. The van der Waals surface area contributed by atoms with Gasteiger partial charge in [0.05, 0.1) is 19.8 Å². The molecule has 1 aliphatic rings. The topological polar surface area (TPSA) is 60.1 Å². The zero-order valence-corrected chi connectivity index (χ0v) is 14.7. The first-order valence-corrected chi connectivity index (χ1v) is 6.86. The molecule has 2 rings (SSSR count). The highest BCUT2D eigenvalue weighted by molar-refractivity contribution is 14.0. The lowest BCUT2D eigenvalue weighted by Crippen LogP contribution is -2.44. The molecule has 1 heterocycles. The summed E-state index contributed by atoms with van der Waals surface area (Å²) in [5.41, 5.74) is 6.45. The van der Waals surface area contributed by atoms with Gasteiger partial charge in [-0.15, -0.1) is 24.0 Å². The highest BCUT2D eigenvalue weighted by Crippen LogP contribution is 2.22. The normalized spacial score (nSPS) is 16.0. The lowest BCUT2D eigenvalue weighted by Gasteiger charge is -2.27. The summed E-state index contributed by atoms with van der Waals surface area (Å²) in [5.74, 6) is 0.521. The molecule has 0 spiro atoms. The van der Waals surface area contributed by atoms with Gasteiger partial charge in [-0.25, -0.2) is 4.99 Å². The number of para-hydroxylation sites is 1. The van der Waals surface area contributed by atoms with Crippen LogP contribution < -0.4 is 10.5 Å². The zero-order valence-electron chi connectivity index (χ0n) is 12.4. The van der Waals surface area contributed by atoms with Crippen LogP contribution >= 0.6 is 24.0 Å². The van der Waals surface area contributed by atoms with Crippen molar-refractivity contribution in [1.29, 1.82) is 0 Å². The number of nitrogens with zero attached hydrogens (tertiary/aromatic N) is 2. The van der Waals surface area contributed by atoms with Crippen LogP contribution in [0.25, 0.3) is 0 Å². The maximum atomic E-state index is 12.2. The second kappa shape index (κ2) is 9.16. The number of morpholine rings is 1. The molecule has 1 saturated heterocycles. The summed E-state index contributed by atoms with van der Waals surface area (Å²) in [7, 11) is 0. The number of aliphatic imine (C=N–C) groups is 1. The summed E-state index contributed by atoms with van der Waals surface area (Å²) in [5, 5.41) is 0. The van der Waals surface area contributed by atoms with Crippen molar-refractivity contribution in [3.63, 3.8) is 0 Å². The molecule has 0 atom stereocenters. The van der Waals surface area contributed by atoms with E-state index in [0.29, 0.717) is 37.8 Å². The molecule has 0 bridgehead atoms. The van der Waals surface area contributed by atoms with Crippen molar-refractivity contribution in [2.75, 3.05) is 32.9 Å². The lowest BCUT2D eigenvalue weighted by atomic mass is 10.2.